The van der Waals surface area contributed by atoms with Crippen LogP contribution in [-0.4, -0.2) is 60.4 Å². The molecular formula is C13H17BrO9. The minimum atomic E-state index is -1.36. The van der Waals surface area contributed by atoms with Gasteiger partial charge in [-0.1, -0.05) is 15.9 Å². The van der Waals surface area contributed by atoms with Gasteiger partial charge in [-0.15, -0.1) is 0 Å². The van der Waals surface area contributed by atoms with Crippen molar-refractivity contribution in [1.82, 2.24) is 0 Å². The SMILES string of the molecule is CO[13C](=O)[13CH]1O[13CH](Br)[13CH](OC(C)=O)[13CH](OC(C)=O)[13CH]1OC(C)=O. The summed E-state index contributed by atoms with van der Waals surface area (Å²) in [5.41, 5.74) is 0. The Labute approximate surface area is 140 Å². The van der Waals surface area contributed by atoms with Gasteiger partial charge in [0.05, 0.1) is 7.11 Å². The fourth-order valence-corrected chi connectivity index (χ4v) is 2.71. The van der Waals surface area contributed by atoms with E-state index in [2.05, 4.69) is 20.7 Å². The van der Waals surface area contributed by atoms with Crippen molar-refractivity contribution >= 4 is 39.8 Å². The van der Waals surface area contributed by atoms with Crippen LogP contribution in [0.2, 0.25) is 0 Å². The monoisotopic (exact) mass is 402 g/mol. The van der Waals surface area contributed by atoms with Crippen LogP contribution in [0.3, 0.4) is 0 Å². The van der Waals surface area contributed by atoms with E-state index in [1.165, 1.54) is 0 Å². The Balaban J connectivity index is 3.21. The van der Waals surface area contributed by atoms with Gasteiger partial charge in [-0.05, 0) is 0 Å². The van der Waals surface area contributed by atoms with Gasteiger partial charge in [0.2, 0.25) is 0 Å². The third-order valence-electron chi connectivity index (χ3n) is 2.82. The molecular weight excluding hydrogens is 386 g/mol. The first-order valence-corrected chi connectivity index (χ1v) is 7.48. The molecule has 5 atom stereocenters. The lowest BCUT2D eigenvalue weighted by Gasteiger charge is -2.41. The van der Waals surface area contributed by atoms with Crippen molar-refractivity contribution in [2.24, 2.45) is 0 Å². The number of carbonyl (C=O) groups is 4. The molecule has 0 N–H and O–H groups in total. The fourth-order valence-electron chi connectivity index (χ4n) is 2.07. The smallest absolute Gasteiger partial charge is 0.339 e. The summed E-state index contributed by atoms with van der Waals surface area (Å²) in [6.45, 7) is 3.39. The van der Waals surface area contributed by atoms with Crippen LogP contribution in [0, 0.1) is 0 Å². The molecule has 1 aliphatic rings. The van der Waals surface area contributed by atoms with E-state index in [9.17, 15) is 19.2 Å². The van der Waals surface area contributed by atoms with Gasteiger partial charge in [0, 0.05) is 20.8 Å². The second-order valence-corrected chi connectivity index (χ2v) is 5.56. The lowest BCUT2D eigenvalue weighted by atomic mass is 10.8. The van der Waals surface area contributed by atoms with Crippen molar-refractivity contribution in [3.63, 3.8) is 0 Å². The Kier molecular flexibility index (Phi) is 6.95. The van der Waals surface area contributed by atoms with Crippen molar-refractivity contribution in [3.8, 4) is 0 Å². The van der Waals surface area contributed by atoms with Gasteiger partial charge in [0.1, 0.15) is 0 Å². The number of alkyl halides is 1. The van der Waals surface area contributed by atoms with Crippen LogP contribution in [0.5, 0.6) is 0 Å². The molecule has 9 nitrogen and oxygen atoms in total. The molecule has 0 bridgehead atoms. The van der Waals surface area contributed by atoms with Gasteiger partial charge in [0.15, 0.2) is 29.4 Å². The van der Waals surface area contributed by atoms with E-state index >= 15 is 0 Å². The largest absolute Gasteiger partial charge is 0.467 e. The Bertz CT molecular complexity index is 492. The summed E-state index contributed by atoms with van der Waals surface area (Å²) in [6.07, 6.45) is -5.06. The van der Waals surface area contributed by atoms with E-state index in [4.69, 9.17) is 18.9 Å². The maximum absolute atomic E-state index is 11.9. The first-order chi connectivity index (χ1) is 10.7. The second-order valence-electron chi connectivity index (χ2n) is 4.65. The molecule has 1 rings (SSSR count). The molecule has 0 radical (unpaired) electrons. The quantitative estimate of drug-likeness (QED) is 0.279. The molecule has 0 aromatic rings. The minimum absolute atomic E-state index is 0.668. The summed E-state index contributed by atoms with van der Waals surface area (Å²) in [4.78, 5) is 45.8. The van der Waals surface area contributed by atoms with Gasteiger partial charge < -0.3 is 23.7 Å². The topological polar surface area (TPSA) is 114 Å². The van der Waals surface area contributed by atoms with Crippen LogP contribution in [0.15, 0.2) is 0 Å². The van der Waals surface area contributed by atoms with Crippen LogP contribution >= 0.6 is 15.9 Å². The summed E-state index contributed by atoms with van der Waals surface area (Å²) >= 11 is 3.11. The van der Waals surface area contributed by atoms with Gasteiger partial charge >= 0.3 is 23.9 Å². The van der Waals surface area contributed by atoms with Crippen molar-refractivity contribution in [2.45, 2.75) is 50.2 Å². The second kappa shape index (κ2) is 8.25. The zero-order valence-corrected chi connectivity index (χ0v) is 14.5. The van der Waals surface area contributed by atoms with Gasteiger partial charge in [-0.3, -0.25) is 14.4 Å². The van der Waals surface area contributed by atoms with E-state index in [1.807, 2.05) is 0 Å². The Hall–Kier alpha value is -1.68. The van der Waals surface area contributed by atoms with Crippen LogP contribution in [-0.2, 0) is 42.9 Å². The molecule has 23 heavy (non-hydrogen) atoms. The molecule has 0 aliphatic carbocycles. The molecule has 5 unspecified atom stereocenters. The number of rotatable bonds is 4. The molecule has 10 heteroatoms. The predicted octanol–water partition coefficient (Wildman–Crippen LogP) is 0.0743. The zero-order valence-electron chi connectivity index (χ0n) is 12.9. The average molecular weight is 403 g/mol. The third-order valence-corrected chi connectivity index (χ3v) is 3.56. The van der Waals surface area contributed by atoms with E-state index in [-0.39, 0.29) is 0 Å². The Morgan fingerprint density at radius 2 is 1.26 bits per heavy atom. The first-order valence-electron chi connectivity index (χ1n) is 6.56. The fraction of sp³-hybridized carbons (Fsp3) is 0.692. The van der Waals surface area contributed by atoms with Gasteiger partial charge in [0.25, 0.3) is 0 Å². The molecule has 0 aromatic carbocycles. The number of hydrogen-bond acceptors (Lipinski definition) is 9. The summed E-state index contributed by atoms with van der Waals surface area (Å²) in [6, 6.07) is 0. The summed E-state index contributed by atoms with van der Waals surface area (Å²) in [5.74, 6) is -2.95. The Morgan fingerprint density at radius 1 is 0.826 bits per heavy atom. The molecule has 1 aliphatic heterocycles. The maximum atomic E-state index is 11.9. The molecule has 1 fully saturated rings. The molecule has 130 valence electrons. The number of carbonyl (C=O) groups excluding carboxylic acids is 4. The molecule has 0 aromatic heterocycles. The van der Waals surface area contributed by atoms with Crippen LogP contribution in [0.1, 0.15) is 20.8 Å². The lowest BCUT2D eigenvalue weighted by Crippen LogP contribution is -2.61. The van der Waals surface area contributed by atoms with Crippen molar-refractivity contribution in [3.05, 3.63) is 0 Å². The normalized spacial score (nSPS) is 30.0. The van der Waals surface area contributed by atoms with Gasteiger partial charge in [-0.2, -0.15) is 0 Å². The lowest BCUT2D eigenvalue weighted by molar-refractivity contribution is -0.234. The average Bonchev–Trinajstić information content (AvgIpc) is 2.43. The molecule has 0 saturated carbocycles. The number of esters is 4. The predicted molar refractivity (Wildman–Crippen MR) is 76.3 cm³/mol. The summed E-state index contributed by atoms with van der Waals surface area (Å²) in [7, 11) is 1.12. The highest BCUT2D eigenvalue weighted by Crippen LogP contribution is 2.31. The Morgan fingerprint density at radius 3 is 1.70 bits per heavy atom. The molecule has 1 saturated heterocycles. The number of halogens is 1. The number of hydrogen-bond donors (Lipinski definition) is 0. The highest BCUT2D eigenvalue weighted by Gasteiger charge is 2.53. The summed E-state index contributed by atoms with van der Waals surface area (Å²) < 4.78 is 25.2. The third kappa shape index (κ3) is 5.17. The molecule has 0 amide bonds. The standard InChI is InChI=1S/C13H17BrO9/c1-5(15)20-8-9(21-6(2)16)11(13(18)19-4)23-12(14)10(8)22-7(3)17/h8-12H,1-4H3/i8+1,9+1,10+1,11+1,12+1,13+1. The summed E-state index contributed by atoms with van der Waals surface area (Å²) in [5, 5.41) is -0.980. The van der Waals surface area contributed by atoms with Crippen molar-refractivity contribution in [1.29, 1.82) is 0 Å². The highest BCUT2D eigenvalue weighted by molar-refractivity contribution is 9.09. The highest BCUT2D eigenvalue weighted by atomic mass is 79.9. The number of ether oxygens (including phenoxy) is 5. The van der Waals surface area contributed by atoms with Crippen molar-refractivity contribution < 1.29 is 42.9 Å². The number of methoxy groups -OCH3 is 1. The van der Waals surface area contributed by atoms with Crippen molar-refractivity contribution in [2.75, 3.05) is 7.11 Å². The minimum Gasteiger partial charge on any atom is -0.467 e. The van der Waals surface area contributed by atoms with E-state index in [0.29, 0.717) is 0 Å². The molecule has 0 spiro atoms. The first kappa shape index (κ1) is 19.4. The van der Waals surface area contributed by atoms with E-state index < -0.39 is 53.3 Å². The molecule has 1 heterocycles. The van der Waals surface area contributed by atoms with Crippen LogP contribution in [0.25, 0.3) is 0 Å². The van der Waals surface area contributed by atoms with E-state index in [0.717, 1.165) is 27.9 Å². The zero-order chi connectivity index (χ0) is 17.7. The maximum Gasteiger partial charge on any atom is 0.339 e. The van der Waals surface area contributed by atoms with Gasteiger partial charge in [-0.25, -0.2) is 4.79 Å². The van der Waals surface area contributed by atoms with Crippen LogP contribution in [0.4, 0.5) is 0 Å². The van der Waals surface area contributed by atoms with Crippen LogP contribution < -0.4 is 0 Å². The van der Waals surface area contributed by atoms with E-state index in [1.54, 1.807) is 0 Å².